The SMILES string of the molecule is CC(C)c1cccc(NC(=O)c2cccc(S(=O)(=O)NCc3ccco3)c2)c1. The lowest BCUT2D eigenvalue weighted by Gasteiger charge is -2.11. The minimum Gasteiger partial charge on any atom is -0.468 e. The van der Waals surface area contributed by atoms with E-state index in [0.29, 0.717) is 17.4 Å². The minimum absolute atomic E-state index is 0.0163. The van der Waals surface area contributed by atoms with Crippen LogP contribution in [0.15, 0.2) is 76.2 Å². The van der Waals surface area contributed by atoms with Crippen molar-refractivity contribution in [2.45, 2.75) is 31.2 Å². The number of anilines is 1. The average molecular weight is 398 g/mol. The fourth-order valence-corrected chi connectivity index (χ4v) is 3.68. The molecule has 0 saturated carbocycles. The monoisotopic (exact) mass is 398 g/mol. The maximum absolute atomic E-state index is 12.6. The zero-order valence-corrected chi connectivity index (χ0v) is 16.5. The number of rotatable bonds is 7. The van der Waals surface area contributed by atoms with E-state index in [-0.39, 0.29) is 22.9 Å². The van der Waals surface area contributed by atoms with Crippen LogP contribution in [0.25, 0.3) is 0 Å². The van der Waals surface area contributed by atoms with Crippen molar-refractivity contribution in [2.24, 2.45) is 0 Å². The molecule has 0 aliphatic heterocycles. The highest BCUT2D eigenvalue weighted by Crippen LogP contribution is 2.20. The summed E-state index contributed by atoms with van der Waals surface area (Å²) in [5.41, 5.74) is 2.03. The second-order valence-corrected chi connectivity index (χ2v) is 8.43. The van der Waals surface area contributed by atoms with Crippen LogP contribution in [0.1, 0.15) is 41.4 Å². The molecule has 3 aromatic rings. The topological polar surface area (TPSA) is 88.4 Å². The van der Waals surface area contributed by atoms with E-state index in [1.54, 1.807) is 30.3 Å². The van der Waals surface area contributed by atoms with E-state index in [2.05, 4.69) is 23.9 Å². The lowest BCUT2D eigenvalue weighted by atomic mass is 10.0. The lowest BCUT2D eigenvalue weighted by molar-refractivity contribution is 0.102. The van der Waals surface area contributed by atoms with Crippen LogP contribution in [0, 0.1) is 0 Å². The number of hydrogen-bond donors (Lipinski definition) is 2. The molecule has 1 aromatic heterocycles. The van der Waals surface area contributed by atoms with E-state index in [9.17, 15) is 13.2 Å². The third-order valence-corrected chi connectivity index (χ3v) is 5.63. The van der Waals surface area contributed by atoms with Gasteiger partial charge in [-0.25, -0.2) is 13.1 Å². The van der Waals surface area contributed by atoms with Crippen LogP contribution in [0.4, 0.5) is 5.69 Å². The Balaban J connectivity index is 1.75. The van der Waals surface area contributed by atoms with Crippen LogP contribution in [-0.2, 0) is 16.6 Å². The van der Waals surface area contributed by atoms with Gasteiger partial charge in [0, 0.05) is 11.3 Å². The fraction of sp³-hybridized carbons (Fsp3) is 0.190. The summed E-state index contributed by atoms with van der Waals surface area (Å²) in [6.45, 7) is 4.18. The van der Waals surface area contributed by atoms with Gasteiger partial charge in [0.05, 0.1) is 17.7 Å². The van der Waals surface area contributed by atoms with Crippen LogP contribution >= 0.6 is 0 Å². The second kappa shape index (κ2) is 8.41. The Morgan fingerprint density at radius 3 is 2.54 bits per heavy atom. The molecule has 3 rings (SSSR count). The van der Waals surface area contributed by atoms with E-state index >= 15 is 0 Å². The largest absolute Gasteiger partial charge is 0.468 e. The Morgan fingerprint density at radius 1 is 1.04 bits per heavy atom. The van der Waals surface area contributed by atoms with Crippen LogP contribution in [0.2, 0.25) is 0 Å². The molecule has 0 bridgehead atoms. The van der Waals surface area contributed by atoms with Gasteiger partial charge in [-0.1, -0.05) is 32.0 Å². The summed E-state index contributed by atoms with van der Waals surface area (Å²) in [5, 5.41) is 2.82. The zero-order valence-electron chi connectivity index (χ0n) is 15.7. The number of nitrogens with one attached hydrogen (secondary N) is 2. The standard InChI is InChI=1S/C21H22N2O4S/c1-15(2)16-6-3-8-18(12-16)23-21(24)17-7-4-10-20(13-17)28(25,26)22-14-19-9-5-11-27-19/h3-13,15,22H,14H2,1-2H3,(H,23,24). The van der Waals surface area contributed by atoms with E-state index in [1.165, 1.54) is 18.4 Å². The Kier molecular flexibility index (Phi) is 5.96. The van der Waals surface area contributed by atoms with Gasteiger partial charge in [0.25, 0.3) is 5.91 Å². The van der Waals surface area contributed by atoms with Gasteiger partial charge in [-0.15, -0.1) is 0 Å². The van der Waals surface area contributed by atoms with Crippen molar-refractivity contribution in [3.63, 3.8) is 0 Å². The smallest absolute Gasteiger partial charge is 0.255 e. The molecule has 2 aromatic carbocycles. The molecule has 0 aliphatic carbocycles. The summed E-state index contributed by atoms with van der Waals surface area (Å²) >= 11 is 0. The summed E-state index contributed by atoms with van der Waals surface area (Å²) in [7, 11) is -3.77. The van der Waals surface area contributed by atoms with E-state index in [0.717, 1.165) is 5.56 Å². The molecule has 1 heterocycles. The molecule has 0 atom stereocenters. The predicted octanol–water partition coefficient (Wildman–Crippen LogP) is 4.13. The summed E-state index contributed by atoms with van der Waals surface area (Å²) in [6, 6.07) is 16.9. The Hall–Kier alpha value is -2.90. The van der Waals surface area contributed by atoms with Crippen LogP contribution in [0.5, 0.6) is 0 Å². The molecule has 0 saturated heterocycles. The summed E-state index contributed by atoms with van der Waals surface area (Å²) in [5.74, 6) is 0.469. The highest BCUT2D eigenvalue weighted by Gasteiger charge is 2.17. The van der Waals surface area contributed by atoms with Gasteiger partial charge in [-0.2, -0.15) is 0 Å². The van der Waals surface area contributed by atoms with Gasteiger partial charge in [-0.3, -0.25) is 4.79 Å². The number of amides is 1. The number of furan rings is 1. The molecule has 1 amide bonds. The quantitative estimate of drug-likeness (QED) is 0.626. The van der Waals surface area contributed by atoms with Gasteiger partial charge in [0.2, 0.25) is 10.0 Å². The van der Waals surface area contributed by atoms with E-state index < -0.39 is 10.0 Å². The first-order chi connectivity index (χ1) is 13.3. The average Bonchev–Trinajstić information content (AvgIpc) is 3.20. The van der Waals surface area contributed by atoms with Gasteiger partial charge < -0.3 is 9.73 Å². The first kappa shape index (κ1) is 19.9. The normalized spacial score (nSPS) is 11.5. The molecular formula is C21H22N2O4S. The van der Waals surface area contributed by atoms with Gasteiger partial charge >= 0.3 is 0 Å². The van der Waals surface area contributed by atoms with Crippen molar-refractivity contribution >= 4 is 21.6 Å². The molecule has 28 heavy (non-hydrogen) atoms. The van der Waals surface area contributed by atoms with Gasteiger partial charge in [-0.05, 0) is 53.9 Å². The zero-order chi connectivity index (χ0) is 20.1. The lowest BCUT2D eigenvalue weighted by Crippen LogP contribution is -2.23. The van der Waals surface area contributed by atoms with Crippen molar-refractivity contribution in [1.82, 2.24) is 4.72 Å². The number of carbonyl (C=O) groups excluding carboxylic acids is 1. The molecule has 6 nitrogen and oxygen atoms in total. The summed E-state index contributed by atoms with van der Waals surface area (Å²) in [6.07, 6.45) is 1.48. The van der Waals surface area contributed by atoms with E-state index in [4.69, 9.17) is 4.42 Å². The molecule has 2 N–H and O–H groups in total. The number of benzene rings is 2. The van der Waals surface area contributed by atoms with Crippen molar-refractivity contribution in [3.05, 3.63) is 83.8 Å². The fourth-order valence-electron chi connectivity index (χ4n) is 2.65. The molecule has 146 valence electrons. The second-order valence-electron chi connectivity index (χ2n) is 6.67. The predicted molar refractivity (Wildman–Crippen MR) is 108 cm³/mol. The Morgan fingerprint density at radius 2 is 1.82 bits per heavy atom. The van der Waals surface area contributed by atoms with Crippen molar-refractivity contribution in [2.75, 3.05) is 5.32 Å². The summed E-state index contributed by atoms with van der Waals surface area (Å²) in [4.78, 5) is 12.6. The van der Waals surface area contributed by atoms with Crippen molar-refractivity contribution < 1.29 is 17.6 Å². The van der Waals surface area contributed by atoms with Gasteiger partial charge in [0.15, 0.2) is 0 Å². The Bertz CT molecular complexity index is 1060. The first-order valence-electron chi connectivity index (χ1n) is 8.88. The number of carbonyl (C=O) groups is 1. The third kappa shape index (κ3) is 4.88. The molecule has 0 unspecified atom stereocenters. The molecule has 0 fully saturated rings. The molecular weight excluding hydrogens is 376 g/mol. The molecule has 0 radical (unpaired) electrons. The van der Waals surface area contributed by atoms with Crippen LogP contribution in [-0.4, -0.2) is 14.3 Å². The molecule has 0 aliphatic rings. The summed E-state index contributed by atoms with van der Waals surface area (Å²) < 4.78 is 32.6. The number of sulfonamides is 1. The van der Waals surface area contributed by atoms with Crippen molar-refractivity contribution in [3.8, 4) is 0 Å². The van der Waals surface area contributed by atoms with Crippen molar-refractivity contribution in [1.29, 1.82) is 0 Å². The maximum atomic E-state index is 12.6. The third-order valence-electron chi connectivity index (χ3n) is 4.23. The minimum atomic E-state index is -3.77. The highest BCUT2D eigenvalue weighted by atomic mass is 32.2. The number of hydrogen-bond acceptors (Lipinski definition) is 4. The van der Waals surface area contributed by atoms with Crippen LogP contribution in [0.3, 0.4) is 0 Å². The molecule has 7 heteroatoms. The Labute approximate surface area is 164 Å². The van der Waals surface area contributed by atoms with E-state index in [1.807, 2.05) is 18.2 Å². The van der Waals surface area contributed by atoms with Crippen LogP contribution < -0.4 is 10.0 Å². The van der Waals surface area contributed by atoms with Gasteiger partial charge in [0.1, 0.15) is 5.76 Å². The first-order valence-corrected chi connectivity index (χ1v) is 10.4. The molecule has 0 spiro atoms. The highest BCUT2D eigenvalue weighted by molar-refractivity contribution is 7.89. The maximum Gasteiger partial charge on any atom is 0.255 e.